The van der Waals surface area contributed by atoms with Crippen LogP contribution in [0.5, 0.6) is 0 Å². The van der Waals surface area contributed by atoms with Crippen LogP contribution in [0.1, 0.15) is 44.9 Å². The lowest BCUT2D eigenvalue weighted by Crippen LogP contribution is -2.37. The molecule has 0 aromatic heterocycles. The molecule has 0 unspecified atom stereocenters. The van der Waals surface area contributed by atoms with Gasteiger partial charge in [0.25, 0.3) is 0 Å². The molecular weight excluding hydrogens is 574 g/mol. The van der Waals surface area contributed by atoms with Crippen LogP contribution in [0.4, 0.5) is 0 Å². The molecule has 44 heavy (non-hydrogen) atoms. The lowest BCUT2D eigenvalue weighted by atomic mass is 10.3. The van der Waals surface area contributed by atoms with Crippen molar-refractivity contribution in [3.8, 4) is 0 Å². The lowest BCUT2D eigenvalue weighted by Gasteiger charge is -2.27. The van der Waals surface area contributed by atoms with Crippen LogP contribution in [0.15, 0.2) is 0 Å². The van der Waals surface area contributed by atoms with Gasteiger partial charge in [-0.1, -0.05) is 0 Å². The maximum Gasteiger partial charge on any atom is 0.0593 e. The summed E-state index contributed by atoms with van der Waals surface area (Å²) in [6.07, 6.45) is 5.20. The minimum absolute atomic E-state index is 0.135. The first-order valence-corrected chi connectivity index (χ1v) is 16.8. The van der Waals surface area contributed by atoms with Gasteiger partial charge in [-0.25, -0.2) is 0 Å². The van der Waals surface area contributed by atoms with E-state index in [0.29, 0.717) is 98.2 Å². The third-order valence-electron chi connectivity index (χ3n) is 6.89. The molecule has 0 atom stereocenters. The number of ether oxygens (including phenoxy) is 5. The summed E-state index contributed by atoms with van der Waals surface area (Å²) in [5.74, 6) is 0. The Labute approximate surface area is 267 Å². The van der Waals surface area contributed by atoms with E-state index in [0.717, 1.165) is 71.7 Å². The Balaban J connectivity index is 4.84. The summed E-state index contributed by atoms with van der Waals surface area (Å²) in [5.41, 5.74) is 0. The van der Waals surface area contributed by atoms with E-state index < -0.39 is 0 Å². The molecule has 0 radical (unpaired) electrons. The molecular formula is C31H67N3O10. The first-order valence-electron chi connectivity index (χ1n) is 16.8. The number of aliphatic hydroxyl groups is 5. The van der Waals surface area contributed by atoms with Gasteiger partial charge >= 0.3 is 0 Å². The highest BCUT2D eigenvalue weighted by molar-refractivity contribution is 4.66. The van der Waals surface area contributed by atoms with Gasteiger partial charge in [0.15, 0.2) is 0 Å². The van der Waals surface area contributed by atoms with E-state index in [9.17, 15) is 0 Å². The van der Waals surface area contributed by atoms with Gasteiger partial charge in [-0.05, 0) is 71.1 Å². The van der Waals surface area contributed by atoms with Crippen LogP contribution in [0.3, 0.4) is 0 Å². The Morgan fingerprint density at radius 3 is 0.659 bits per heavy atom. The Morgan fingerprint density at radius 2 is 0.455 bits per heavy atom. The number of nitrogens with zero attached hydrogens (tertiary/aromatic N) is 3. The summed E-state index contributed by atoms with van der Waals surface area (Å²) < 4.78 is 28.4. The lowest BCUT2D eigenvalue weighted by molar-refractivity contribution is 0.0597. The van der Waals surface area contributed by atoms with Crippen LogP contribution >= 0.6 is 0 Å². The smallest absolute Gasteiger partial charge is 0.0593 e. The Hall–Kier alpha value is -0.520. The topological polar surface area (TPSA) is 157 Å². The highest BCUT2D eigenvalue weighted by Crippen LogP contribution is 2.02. The molecule has 0 aromatic rings. The third-order valence-corrected chi connectivity index (χ3v) is 6.89. The minimum atomic E-state index is 0.135. The average Bonchev–Trinajstić information content (AvgIpc) is 3.03. The second kappa shape index (κ2) is 36.9. The van der Waals surface area contributed by atoms with E-state index in [1.165, 1.54) is 0 Å². The van der Waals surface area contributed by atoms with Crippen LogP contribution in [-0.4, -0.2) is 198 Å². The van der Waals surface area contributed by atoms with Crippen molar-refractivity contribution in [3.05, 3.63) is 0 Å². The summed E-state index contributed by atoms with van der Waals surface area (Å²) in [5, 5.41) is 45.0. The van der Waals surface area contributed by atoms with E-state index in [2.05, 4.69) is 14.7 Å². The van der Waals surface area contributed by atoms with Crippen molar-refractivity contribution in [1.29, 1.82) is 0 Å². The van der Waals surface area contributed by atoms with Crippen molar-refractivity contribution >= 4 is 0 Å². The van der Waals surface area contributed by atoms with Crippen molar-refractivity contribution < 1.29 is 49.2 Å². The van der Waals surface area contributed by atoms with Gasteiger partial charge in [0.2, 0.25) is 0 Å². The van der Waals surface area contributed by atoms with Gasteiger partial charge in [0.1, 0.15) is 0 Å². The summed E-state index contributed by atoms with van der Waals surface area (Å²) in [7, 11) is 0. The minimum Gasteiger partial charge on any atom is -0.396 e. The standard InChI is InChI=1S/C31H67N3O10/c35-17-3-22-40-27-12-32(8-1-10-33(13-28-41-23-4-18-36)14-29-42-24-5-19-37)9-2-11-34(15-30-43-25-6-20-38)16-31-44-26-7-21-39/h35-39H,1-31H2. The first kappa shape index (κ1) is 43.5. The number of hydrogen-bond donors (Lipinski definition) is 5. The molecule has 5 N–H and O–H groups in total. The monoisotopic (exact) mass is 641 g/mol. The molecule has 0 aliphatic rings. The predicted octanol–water partition coefficient (Wildman–Crippen LogP) is -0.332. The van der Waals surface area contributed by atoms with E-state index >= 15 is 0 Å². The Morgan fingerprint density at radius 1 is 0.250 bits per heavy atom. The van der Waals surface area contributed by atoms with E-state index in [-0.39, 0.29) is 33.0 Å². The molecule has 0 saturated heterocycles. The van der Waals surface area contributed by atoms with E-state index in [4.69, 9.17) is 49.2 Å². The largest absolute Gasteiger partial charge is 0.396 e. The van der Waals surface area contributed by atoms with Crippen LogP contribution in [0, 0.1) is 0 Å². The zero-order valence-electron chi connectivity index (χ0n) is 27.5. The van der Waals surface area contributed by atoms with Gasteiger partial charge in [-0.15, -0.1) is 0 Å². The summed E-state index contributed by atoms with van der Waals surface area (Å²) in [6.45, 7) is 14.3. The fourth-order valence-electron chi connectivity index (χ4n) is 4.35. The number of rotatable bonds is 38. The molecule has 0 rings (SSSR count). The molecule has 0 fully saturated rings. The molecule has 0 aromatic carbocycles. The first-order chi connectivity index (χ1) is 21.7. The molecule has 0 aliphatic heterocycles. The molecule has 0 spiro atoms. The number of hydrogen-bond acceptors (Lipinski definition) is 13. The molecule has 13 nitrogen and oxygen atoms in total. The fourth-order valence-corrected chi connectivity index (χ4v) is 4.35. The second-order valence-corrected chi connectivity index (χ2v) is 10.7. The maximum atomic E-state index is 9.05. The molecule has 0 saturated carbocycles. The van der Waals surface area contributed by atoms with Crippen LogP contribution in [0.2, 0.25) is 0 Å². The van der Waals surface area contributed by atoms with E-state index in [1.807, 2.05) is 0 Å². The maximum absolute atomic E-state index is 9.05. The van der Waals surface area contributed by atoms with Crippen LogP contribution in [-0.2, 0) is 23.7 Å². The van der Waals surface area contributed by atoms with E-state index in [1.54, 1.807) is 0 Å². The van der Waals surface area contributed by atoms with Gasteiger partial charge < -0.3 is 54.1 Å². The normalized spacial score (nSPS) is 12.0. The molecule has 0 bridgehead atoms. The quantitative estimate of drug-likeness (QED) is 0.0559. The molecule has 13 heteroatoms. The molecule has 0 heterocycles. The van der Waals surface area contributed by atoms with Crippen molar-refractivity contribution in [2.75, 3.05) is 158 Å². The fraction of sp³-hybridized carbons (Fsp3) is 1.00. The molecule has 0 aliphatic carbocycles. The third kappa shape index (κ3) is 31.5. The van der Waals surface area contributed by atoms with Gasteiger partial charge in [0, 0.05) is 98.8 Å². The molecule has 266 valence electrons. The highest BCUT2D eigenvalue weighted by Gasteiger charge is 2.11. The second-order valence-electron chi connectivity index (χ2n) is 10.7. The van der Waals surface area contributed by atoms with Gasteiger partial charge in [-0.3, -0.25) is 9.80 Å². The summed E-state index contributed by atoms with van der Waals surface area (Å²) >= 11 is 0. The zero-order chi connectivity index (χ0) is 32.2. The number of aliphatic hydroxyl groups excluding tert-OH is 5. The summed E-state index contributed by atoms with van der Waals surface area (Å²) in [6, 6.07) is 0. The Bertz CT molecular complexity index is 477. The van der Waals surface area contributed by atoms with Crippen molar-refractivity contribution in [3.63, 3.8) is 0 Å². The molecule has 0 amide bonds. The zero-order valence-corrected chi connectivity index (χ0v) is 27.5. The van der Waals surface area contributed by atoms with Gasteiger partial charge in [-0.2, -0.15) is 0 Å². The SMILES string of the molecule is OCCCOCCN(CCCN(CCOCCCO)CCOCCCO)CCCN(CCOCCCO)CCOCCCO. The van der Waals surface area contributed by atoms with Crippen LogP contribution in [0.25, 0.3) is 0 Å². The van der Waals surface area contributed by atoms with Crippen molar-refractivity contribution in [2.45, 2.75) is 44.9 Å². The van der Waals surface area contributed by atoms with Crippen LogP contribution < -0.4 is 0 Å². The summed E-state index contributed by atoms with van der Waals surface area (Å²) in [4.78, 5) is 7.15. The van der Waals surface area contributed by atoms with Crippen molar-refractivity contribution in [2.24, 2.45) is 0 Å². The predicted molar refractivity (Wildman–Crippen MR) is 171 cm³/mol. The van der Waals surface area contributed by atoms with Gasteiger partial charge in [0.05, 0.1) is 33.0 Å². The average molecular weight is 642 g/mol. The highest BCUT2D eigenvalue weighted by atomic mass is 16.5. The Kier molecular flexibility index (Phi) is 36.5. The van der Waals surface area contributed by atoms with Crippen molar-refractivity contribution in [1.82, 2.24) is 14.7 Å².